The highest BCUT2D eigenvalue weighted by Gasteiger charge is 2.16. The molecule has 0 bridgehead atoms. The van der Waals surface area contributed by atoms with Gasteiger partial charge in [-0.25, -0.2) is 26.9 Å². The number of rotatable bonds is 7. The van der Waals surface area contributed by atoms with Gasteiger partial charge in [-0.05, 0) is 30.3 Å². The van der Waals surface area contributed by atoms with E-state index in [-0.39, 0.29) is 13.0 Å². The van der Waals surface area contributed by atoms with Crippen LogP contribution < -0.4 is 14.9 Å². The molecule has 0 aliphatic rings. The molecule has 0 aliphatic carbocycles. The standard InChI is InChI=1S/C16H18F2N4O3S/c1-22(2)15-6-3-11(10-19-15)21-16(23)7-8-20-26(24,25)12-4-5-13(17)14(18)9-12/h3-6,9-10,20H,7-8H2,1-2H3,(H,21,23). The van der Waals surface area contributed by atoms with Gasteiger partial charge in [0.05, 0.1) is 16.8 Å². The molecule has 0 spiro atoms. The number of anilines is 2. The minimum Gasteiger partial charge on any atom is -0.363 e. The highest BCUT2D eigenvalue weighted by atomic mass is 32.2. The van der Waals surface area contributed by atoms with Crippen molar-refractivity contribution < 1.29 is 22.0 Å². The molecular weight excluding hydrogens is 366 g/mol. The minimum atomic E-state index is -4.04. The second kappa shape index (κ2) is 8.19. The molecule has 1 amide bonds. The second-order valence-corrected chi connectivity index (χ2v) is 7.34. The summed E-state index contributed by atoms with van der Waals surface area (Å²) in [6, 6.07) is 5.64. The van der Waals surface area contributed by atoms with Gasteiger partial charge in [0.15, 0.2) is 11.6 Å². The number of nitrogens with one attached hydrogen (secondary N) is 2. The van der Waals surface area contributed by atoms with E-state index in [9.17, 15) is 22.0 Å². The van der Waals surface area contributed by atoms with E-state index in [1.54, 1.807) is 17.0 Å². The van der Waals surface area contributed by atoms with Crippen LogP contribution in [-0.4, -0.2) is 39.9 Å². The van der Waals surface area contributed by atoms with Crippen molar-refractivity contribution in [2.45, 2.75) is 11.3 Å². The van der Waals surface area contributed by atoms with Crippen molar-refractivity contribution in [1.82, 2.24) is 9.71 Å². The summed E-state index contributed by atoms with van der Waals surface area (Å²) in [7, 11) is -0.372. The molecule has 7 nitrogen and oxygen atoms in total. The summed E-state index contributed by atoms with van der Waals surface area (Å²) in [6.45, 7) is -0.198. The van der Waals surface area contributed by atoms with Crippen LogP contribution >= 0.6 is 0 Å². The monoisotopic (exact) mass is 384 g/mol. The number of carbonyl (C=O) groups is 1. The number of carbonyl (C=O) groups excluding carboxylic acids is 1. The average molecular weight is 384 g/mol. The fourth-order valence-corrected chi connectivity index (χ4v) is 3.02. The zero-order chi connectivity index (χ0) is 19.3. The highest BCUT2D eigenvalue weighted by Crippen LogP contribution is 2.14. The summed E-state index contributed by atoms with van der Waals surface area (Å²) in [6.07, 6.45) is 1.34. The molecule has 140 valence electrons. The van der Waals surface area contributed by atoms with E-state index in [4.69, 9.17) is 0 Å². The Balaban J connectivity index is 1.88. The first-order valence-corrected chi connectivity index (χ1v) is 9.05. The van der Waals surface area contributed by atoms with Crippen LogP contribution in [0, 0.1) is 11.6 Å². The summed E-state index contributed by atoms with van der Waals surface area (Å²) in [5, 5.41) is 2.59. The Labute approximate surface area is 150 Å². The number of hydrogen-bond donors (Lipinski definition) is 2. The predicted molar refractivity (Wildman–Crippen MR) is 93.4 cm³/mol. The second-order valence-electron chi connectivity index (χ2n) is 5.57. The van der Waals surface area contributed by atoms with Crippen LogP contribution in [0.15, 0.2) is 41.4 Å². The van der Waals surface area contributed by atoms with E-state index in [2.05, 4.69) is 15.0 Å². The van der Waals surface area contributed by atoms with Crippen LogP contribution in [-0.2, 0) is 14.8 Å². The van der Waals surface area contributed by atoms with Gasteiger partial charge in [0.1, 0.15) is 5.82 Å². The van der Waals surface area contributed by atoms with Gasteiger partial charge >= 0.3 is 0 Å². The first-order chi connectivity index (χ1) is 12.2. The molecule has 0 aliphatic heterocycles. The molecule has 26 heavy (non-hydrogen) atoms. The van der Waals surface area contributed by atoms with E-state index in [1.165, 1.54) is 6.20 Å². The van der Waals surface area contributed by atoms with Gasteiger partial charge in [-0.1, -0.05) is 0 Å². The molecule has 0 saturated carbocycles. The Kier molecular flexibility index (Phi) is 6.22. The van der Waals surface area contributed by atoms with Crippen LogP contribution in [0.2, 0.25) is 0 Å². The first-order valence-electron chi connectivity index (χ1n) is 7.57. The Hall–Kier alpha value is -2.59. The van der Waals surface area contributed by atoms with Crippen molar-refractivity contribution in [3.63, 3.8) is 0 Å². The average Bonchev–Trinajstić information content (AvgIpc) is 2.57. The summed E-state index contributed by atoms with van der Waals surface area (Å²) in [5.41, 5.74) is 0.476. The van der Waals surface area contributed by atoms with Gasteiger partial charge in [-0.2, -0.15) is 0 Å². The van der Waals surface area contributed by atoms with Gasteiger partial charge in [-0.3, -0.25) is 4.79 Å². The lowest BCUT2D eigenvalue weighted by Gasteiger charge is -2.12. The lowest BCUT2D eigenvalue weighted by molar-refractivity contribution is -0.116. The molecule has 1 aromatic carbocycles. The quantitative estimate of drug-likeness (QED) is 0.759. The number of hydrogen-bond acceptors (Lipinski definition) is 5. The van der Waals surface area contributed by atoms with Gasteiger partial charge < -0.3 is 10.2 Å². The summed E-state index contributed by atoms with van der Waals surface area (Å²) < 4.78 is 52.2. The summed E-state index contributed by atoms with van der Waals surface area (Å²) in [5.74, 6) is -2.10. The molecule has 1 heterocycles. The largest absolute Gasteiger partial charge is 0.363 e. The van der Waals surface area contributed by atoms with Crippen molar-refractivity contribution in [3.8, 4) is 0 Å². The lowest BCUT2D eigenvalue weighted by Crippen LogP contribution is -2.28. The topological polar surface area (TPSA) is 91.4 Å². The molecule has 0 atom stereocenters. The Morgan fingerprint density at radius 1 is 1.15 bits per heavy atom. The van der Waals surface area contributed by atoms with Crippen LogP contribution in [0.4, 0.5) is 20.3 Å². The lowest BCUT2D eigenvalue weighted by atomic mass is 10.3. The molecule has 2 aromatic rings. The van der Waals surface area contributed by atoms with Gasteiger partial charge in [0.25, 0.3) is 0 Å². The van der Waals surface area contributed by atoms with E-state index >= 15 is 0 Å². The Bertz CT molecular complexity index is 887. The maximum atomic E-state index is 13.1. The molecule has 2 N–H and O–H groups in total. The number of aromatic nitrogens is 1. The molecular formula is C16H18F2N4O3S. The maximum absolute atomic E-state index is 13.1. The number of amides is 1. The predicted octanol–water partition coefficient (Wildman–Crippen LogP) is 1.73. The van der Waals surface area contributed by atoms with Crippen molar-refractivity contribution in [2.75, 3.05) is 30.9 Å². The highest BCUT2D eigenvalue weighted by molar-refractivity contribution is 7.89. The van der Waals surface area contributed by atoms with Crippen LogP contribution in [0.25, 0.3) is 0 Å². The third-order valence-electron chi connectivity index (χ3n) is 3.34. The van der Waals surface area contributed by atoms with Gasteiger partial charge in [0.2, 0.25) is 15.9 Å². The normalized spacial score (nSPS) is 11.2. The molecule has 10 heteroatoms. The number of benzene rings is 1. The summed E-state index contributed by atoms with van der Waals surface area (Å²) >= 11 is 0. The third-order valence-corrected chi connectivity index (χ3v) is 4.79. The van der Waals surface area contributed by atoms with E-state index in [0.717, 1.165) is 18.0 Å². The molecule has 0 saturated heterocycles. The zero-order valence-corrected chi connectivity index (χ0v) is 15.0. The minimum absolute atomic E-state index is 0.141. The van der Waals surface area contributed by atoms with Crippen molar-refractivity contribution in [2.24, 2.45) is 0 Å². The molecule has 0 radical (unpaired) electrons. The Morgan fingerprint density at radius 3 is 2.46 bits per heavy atom. The van der Waals surface area contributed by atoms with E-state index in [0.29, 0.717) is 11.8 Å². The van der Waals surface area contributed by atoms with Gasteiger partial charge in [-0.15, -0.1) is 0 Å². The number of halogens is 2. The van der Waals surface area contributed by atoms with Crippen molar-refractivity contribution in [1.29, 1.82) is 0 Å². The number of pyridine rings is 1. The fraction of sp³-hybridized carbons (Fsp3) is 0.250. The zero-order valence-electron chi connectivity index (χ0n) is 14.2. The number of nitrogens with zero attached hydrogens (tertiary/aromatic N) is 2. The van der Waals surface area contributed by atoms with Crippen LogP contribution in [0.5, 0.6) is 0 Å². The third kappa shape index (κ3) is 5.20. The smallest absolute Gasteiger partial charge is 0.240 e. The fourth-order valence-electron chi connectivity index (χ4n) is 1.97. The SMILES string of the molecule is CN(C)c1ccc(NC(=O)CCNS(=O)(=O)c2ccc(F)c(F)c2)cn1. The Morgan fingerprint density at radius 2 is 1.88 bits per heavy atom. The van der Waals surface area contributed by atoms with E-state index in [1.807, 2.05) is 14.1 Å². The van der Waals surface area contributed by atoms with Crippen molar-refractivity contribution >= 4 is 27.4 Å². The van der Waals surface area contributed by atoms with Crippen LogP contribution in [0.3, 0.4) is 0 Å². The molecule has 0 fully saturated rings. The molecule has 0 unspecified atom stereocenters. The van der Waals surface area contributed by atoms with Crippen molar-refractivity contribution in [3.05, 3.63) is 48.2 Å². The first kappa shape index (κ1) is 19.7. The van der Waals surface area contributed by atoms with E-state index < -0.39 is 32.5 Å². The molecule has 2 rings (SSSR count). The molecule has 1 aromatic heterocycles. The van der Waals surface area contributed by atoms with Crippen LogP contribution in [0.1, 0.15) is 6.42 Å². The summed E-state index contributed by atoms with van der Waals surface area (Å²) in [4.78, 5) is 17.4. The van der Waals surface area contributed by atoms with Gasteiger partial charge in [0, 0.05) is 27.1 Å². The maximum Gasteiger partial charge on any atom is 0.240 e. The number of sulfonamides is 1.